The Morgan fingerprint density at radius 2 is 2.00 bits per heavy atom. The molecule has 1 unspecified atom stereocenters. The molecule has 3 N–H and O–H groups in total. The highest BCUT2D eigenvalue weighted by atomic mass is 79.9. The van der Waals surface area contributed by atoms with Crippen molar-refractivity contribution >= 4 is 15.9 Å². The van der Waals surface area contributed by atoms with E-state index in [2.05, 4.69) is 26.3 Å². The number of hydrogen-bond donors (Lipinski definition) is 2. The lowest BCUT2D eigenvalue weighted by molar-refractivity contribution is 0.597. The third kappa shape index (κ3) is 2.93. The van der Waals surface area contributed by atoms with Crippen molar-refractivity contribution in [3.05, 3.63) is 63.6 Å². The van der Waals surface area contributed by atoms with E-state index in [1.54, 1.807) is 6.20 Å². The standard InChI is InChI=1S/C13H13BrFN3/c1-8-2-9(4-11(14)3-8)13(18-16)10-5-12(15)7-17-6-10/h2-7,13,18H,16H2,1H3. The predicted octanol–water partition coefficient (Wildman–Crippen LogP) is 2.84. The number of aromatic nitrogens is 1. The van der Waals surface area contributed by atoms with Crippen LogP contribution in [0.2, 0.25) is 0 Å². The first kappa shape index (κ1) is 13.1. The van der Waals surface area contributed by atoms with E-state index in [0.717, 1.165) is 15.6 Å². The maximum absolute atomic E-state index is 13.2. The SMILES string of the molecule is Cc1cc(Br)cc(C(NN)c2cncc(F)c2)c1. The van der Waals surface area contributed by atoms with Crippen LogP contribution in [0.1, 0.15) is 22.7 Å². The van der Waals surface area contributed by atoms with Gasteiger partial charge in [-0.3, -0.25) is 10.8 Å². The summed E-state index contributed by atoms with van der Waals surface area (Å²) in [5.74, 6) is 5.20. The zero-order valence-corrected chi connectivity index (χ0v) is 11.4. The lowest BCUT2D eigenvalue weighted by Crippen LogP contribution is -2.29. The molecule has 0 amide bonds. The number of nitrogens with two attached hydrogens (primary N) is 1. The van der Waals surface area contributed by atoms with Gasteiger partial charge in [0.1, 0.15) is 5.82 Å². The van der Waals surface area contributed by atoms with Crippen molar-refractivity contribution in [3.63, 3.8) is 0 Å². The van der Waals surface area contributed by atoms with E-state index in [1.165, 1.54) is 12.3 Å². The van der Waals surface area contributed by atoms with Gasteiger partial charge in [0.2, 0.25) is 0 Å². The molecule has 0 aliphatic heterocycles. The minimum Gasteiger partial charge on any atom is -0.271 e. The molecule has 3 nitrogen and oxygen atoms in total. The summed E-state index contributed by atoms with van der Waals surface area (Å²) in [5, 5.41) is 0. The van der Waals surface area contributed by atoms with Crippen LogP contribution in [-0.2, 0) is 0 Å². The fourth-order valence-electron chi connectivity index (χ4n) is 1.90. The molecule has 0 fully saturated rings. The van der Waals surface area contributed by atoms with Crippen LogP contribution in [0, 0.1) is 12.7 Å². The quantitative estimate of drug-likeness (QED) is 0.677. The highest BCUT2D eigenvalue weighted by molar-refractivity contribution is 9.10. The van der Waals surface area contributed by atoms with E-state index in [1.807, 2.05) is 25.1 Å². The number of nitrogens with zero attached hydrogens (tertiary/aromatic N) is 1. The Bertz CT molecular complexity index is 539. The number of rotatable bonds is 3. The van der Waals surface area contributed by atoms with Gasteiger partial charge in [-0.05, 0) is 41.8 Å². The first-order valence-electron chi connectivity index (χ1n) is 5.44. The Hall–Kier alpha value is -1.30. The average Bonchev–Trinajstić information content (AvgIpc) is 2.28. The molecule has 0 saturated heterocycles. The van der Waals surface area contributed by atoms with E-state index in [9.17, 15) is 4.39 Å². The van der Waals surface area contributed by atoms with Gasteiger partial charge in [0.15, 0.2) is 0 Å². The minimum absolute atomic E-state index is 0.288. The zero-order valence-electron chi connectivity index (χ0n) is 9.82. The Morgan fingerprint density at radius 1 is 1.22 bits per heavy atom. The van der Waals surface area contributed by atoms with Crippen molar-refractivity contribution in [3.8, 4) is 0 Å². The third-order valence-corrected chi connectivity index (χ3v) is 3.08. The topological polar surface area (TPSA) is 50.9 Å². The molecule has 0 spiro atoms. The number of aryl methyl sites for hydroxylation is 1. The van der Waals surface area contributed by atoms with Gasteiger partial charge in [0.05, 0.1) is 12.2 Å². The van der Waals surface area contributed by atoms with E-state index in [4.69, 9.17) is 5.84 Å². The highest BCUT2D eigenvalue weighted by Crippen LogP contribution is 2.25. The van der Waals surface area contributed by atoms with E-state index in [0.29, 0.717) is 5.56 Å². The minimum atomic E-state index is -0.375. The smallest absolute Gasteiger partial charge is 0.141 e. The van der Waals surface area contributed by atoms with Crippen molar-refractivity contribution in [2.75, 3.05) is 0 Å². The van der Waals surface area contributed by atoms with Gasteiger partial charge in [-0.1, -0.05) is 22.0 Å². The van der Waals surface area contributed by atoms with Gasteiger partial charge in [0.25, 0.3) is 0 Å². The van der Waals surface area contributed by atoms with Crippen LogP contribution >= 0.6 is 15.9 Å². The summed E-state index contributed by atoms with van der Waals surface area (Å²) < 4.78 is 14.2. The zero-order chi connectivity index (χ0) is 13.1. The second-order valence-electron chi connectivity index (χ2n) is 4.10. The molecular formula is C13H13BrFN3. The summed E-state index contributed by atoms with van der Waals surface area (Å²) in [4.78, 5) is 3.84. The molecule has 94 valence electrons. The van der Waals surface area contributed by atoms with Crippen LogP contribution in [0.15, 0.2) is 41.1 Å². The molecule has 1 atom stereocenters. The molecule has 0 saturated carbocycles. The molecule has 0 aliphatic rings. The van der Waals surface area contributed by atoms with Crippen molar-refractivity contribution in [2.24, 2.45) is 5.84 Å². The summed E-state index contributed by atoms with van der Waals surface area (Å²) >= 11 is 3.44. The Labute approximate surface area is 113 Å². The predicted molar refractivity (Wildman–Crippen MR) is 72.2 cm³/mol. The van der Waals surface area contributed by atoms with E-state index < -0.39 is 0 Å². The third-order valence-electron chi connectivity index (χ3n) is 2.62. The van der Waals surface area contributed by atoms with Crippen molar-refractivity contribution in [1.29, 1.82) is 0 Å². The van der Waals surface area contributed by atoms with E-state index >= 15 is 0 Å². The number of hydrazine groups is 1. The molecule has 1 aromatic carbocycles. The van der Waals surface area contributed by atoms with Crippen LogP contribution in [0.25, 0.3) is 0 Å². The summed E-state index contributed by atoms with van der Waals surface area (Å²) in [6.07, 6.45) is 2.77. The van der Waals surface area contributed by atoms with Gasteiger partial charge < -0.3 is 0 Å². The van der Waals surface area contributed by atoms with Crippen LogP contribution in [0.5, 0.6) is 0 Å². The van der Waals surface area contributed by atoms with Crippen LogP contribution < -0.4 is 11.3 Å². The number of pyridine rings is 1. The van der Waals surface area contributed by atoms with Gasteiger partial charge >= 0.3 is 0 Å². The molecule has 0 radical (unpaired) electrons. The molecule has 5 heteroatoms. The maximum atomic E-state index is 13.2. The number of halogens is 2. The molecule has 18 heavy (non-hydrogen) atoms. The van der Waals surface area contributed by atoms with Gasteiger partial charge in [-0.25, -0.2) is 9.82 Å². The summed E-state index contributed by atoms with van der Waals surface area (Å²) in [6, 6.07) is 7.08. The summed E-state index contributed by atoms with van der Waals surface area (Å²) in [7, 11) is 0. The summed E-state index contributed by atoms with van der Waals surface area (Å²) in [6.45, 7) is 1.99. The van der Waals surface area contributed by atoms with Crippen LogP contribution in [0.4, 0.5) is 4.39 Å². The van der Waals surface area contributed by atoms with Gasteiger partial charge in [-0.15, -0.1) is 0 Å². The normalized spacial score (nSPS) is 12.4. The fourth-order valence-corrected chi connectivity index (χ4v) is 2.53. The molecule has 1 aromatic heterocycles. The van der Waals surface area contributed by atoms with Crippen molar-refractivity contribution in [2.45, 2.75) is 13.0 Å². The second kappa shape index (κ2) is 5.56. The van der Waals surface area contributed by atoms with Crippen LogP contribution in [0.3, 0.4) is 0 Å². The van der Waals surface area contributed by atoms with E-state index in [-0.39, 0.29) is 11.9 Å². The largest absolute Gasteiger partial charge is 0.271 e. The fraction of sp³-hybridized carbons (Fsp3) is 0.154. The lowest BCUT2D eigenvalue weighted by Gasteiger charge is -2.17. The number of benzene rings is 1. The molecule has 2 aromatic rings. The van der Waals surface area contributed by atoms with Crippen molar-refractivity contribution in [1.82, 2.24) is 10.4 Å². The molecule has 0 aliphatic carbocycles. The second-order valence-corrected chi connectivity index (χ2v) is 5.01. The van der Waals surface area contributed by atoms with Gasteiger partial charge in [-0.2, -0.15) is 0 Å². The Morgan fingerprint density at radius 3 is 2.61 bits per heavy atom. The van der Waals surface area contributed by atoms with Crippen LogP contribution in [-0.4, -0.2) is 4.98 Å². The molecule has 2 rings (SSSR count). The lowest BCUT2D eigenvalue weighted by atomic mass is 9.99. The monoisotopic (exact) mass is 309 g/mol. The average molecular weight is 310 g/mol. The first-order valence-corrected chi connectivity index (χ1v) is 6.23. The molecular weight excluding hydrogens is 297 g/mol. The first-order chi connectivity index (χ1) is 8.60. The Balaban J connectivity index is 2.45. The summed E-state index contributed by atoms with van der Waals surface area (Å²) in [5.41, 5.74) is 5.43. The molecule has 0 bridgehead atoms. The highest BCUT2D eigenvalue weighted by Gasteiger charge is 2.14. The van der Waals surface area contributed by atoms with Gasteiger partial charge in [0, 0.05) is 10.7 Å². The Kier molecular flexibility index (Phi) is 4.06. The van der Waals surface area contributed by atoms with Crippen molar-refractivity contribution < 1.29 is 4.39 Å². The molecule has 1 heterocycles. The number of hydrogen-bond acceptors (Lipinski definition) is 3. The number of nitrogens with one attached hydrogen (secondary N) is 1. The maximum Gasteiger partial charge on any atom is 0.141 e.